The lowest BCUT2D eigenvalue weighted by atomic mass is 10.0. The number of aromatic nitrogens is 2. The molecule has 1 fully saturated rings. The van der Waals surface area contributed by atoms with Gasteiger partial charge in [-0.25, -0.2) is 4.68 Å². The lowest BCUT2D eigenvalue weighted by Gasteiger charge is -2.14. The summed E-state index contributed by atoms with van der Waals surface area (Å²) in [6.45, 7) is 5.06. The second-order valence-corrected chi connectivity index (χ2v) is 10.1. The van der Waals surface area contributed by atoms with Gasteiger partial charge in [0.25, 0.3) is 5.91 Å². The average Bonchev–Trinajstić information content (AvgIpc) is 3.43. The van der Waals surface area contributed by atoms with Gasteiger partial charge in [0.05, 0.1) is 23.7 Å². The third-order valence-corrected chi connectivity index (χ3v) is 7.23. The lowest BCUT2D eigenvalue weighted by molar-refractivity contribution is -0.122. The quantitative estimate of drug-likeness (QED) is 0.205. The summed E-state index contributed by atoms with van der Waals surface area (Å²) < 4.78 is 8.13. The van der Waals surface area contributed by atoms with Gasteiger partial charge in [-0.05, 0) is 61.4 Å². The van der Waals surface area contributed by atoms with E-state index < -0.39 is 0 Å². The van der Waals surface area contributed by atoms with Crippen LogP contribution in [-0.2, 0) is 11.3 Å². The first-order chi connectivity index (χ1) is 17.5. The molecule has 0 radical (unpaired) electrons. The third-order valence-electron chi connectivity index (χ3n) is 5.86. The molecule has 5 rings (SSSR count). The van der Waals surface area contributed by atoms with Crippen molar-refractivity contribution in [1.82, 2.24) is 14.7 Å². The Labute approximate surface area is 220 Å². The van der Waals surface area contributed by atoms with Crippen LogP contribution in [0.25, 0.3) is 23.0 Å². The van der Waals surface area contributed by atoms with Crippen LogP contribution in [0.5, 0.6) is 5.75 Å². The summed E-state index contributed by atoms with van der Waals surface area (Å²) in [5.74, 6) is 0.766. The van der Waals surface area contributed by atoms with E-state index in [1.54, 1.807) is 4.90 Å². The molecule has 7 heteroatoms. The maximum Gasteiger partial charge on any atom is 0.266 e. The molecule has 0 unspecified atom stereocenters. The minimum atomic E-state index is -0.0878. The number of hydrogen-bond donors (Lipinski definition) is 0. The topological polar surface area (TPSA) is 47.4 Å². The normalized spacial score (nSPS) is 14.6. The van der Waals surface area contributed by atoms with Gasteiger partial charge in [-0.15, -0.1) is 0 Å². The monoisotopic (exact) mass is 511 g/mol. The van der Waals surface area contributed by atoms with E-state index in [1.807, 2.05) is 104 Å². The number of carbonyl (C=O) groups is 1. The van der Waals surface area contributed by atoms with Crippen LogP contribution in [0.2, 0.25) is 0 Å². The van der Waals surface area contributed by atoms with Crippen LogP contribution in [0.15, 0.2) is 90.0 Å². The fourth-order valence-electron chi connectivity index (χ4n) is 4.09. The van der Waals surface area contributed by atoms with Gasteiger partial charge in [0.2, 0.25) is 0 Å². The molecule has 1 aromatic heterocycles. The summed E-state index contributed by atoms with van der Waals surface area (Å²) in [5, 5.41) is 4.90. The Morgan fingerprint density at radius 3 is 2.44 bits per heavy atom. The van der Waals surface area contributed by atoms with E-state index in [0.717, 1.165) is 39.4 Å². The second kappa shape index (κ2) is 10.5. The molecule has 0 saturated carbocycles. The number of ether oxygens (including phenoxy) is 1. The van der Waals surface area contributed by atoms with Gasteiger partial charge in [0.1, 0.15) is 15.8 Å². The van der Waals surface area contributed by atoms with Crippen molar-refractivity contribution in [3.63, 3.8) is 0 Å². The van der Waals surface area contributed by atoms with E-state index in [2.05, 4.69) is 6.07 Å². The van der Waals surface area contributed by atoms with Crippen molar-refractivity contribution in [2.45, 2.75) is 20.4 Å². The number of aryl methyl sites for hydroxylation is 1. The van der Waals surface area contributed by atoms with Gasteiger partial charge in [-0.1, -0.05) is 72.5 Å². The van der Waals surface area contributed by atoms with Crippen LogP contribution in [-0.4, -0.2) is 31.5 Å². The van der Waals surface area contributed by atoms with Crippen LogP contribution < -0.4 is 4.74 Å². The van der Waals surface area contributed by atoms with Gasteiger partial charge in [-0.2, -0.15) is 5.10 Å². The van der Waals surface area contributed by atoms with Crippen molar-refractivity contribution < 1.29 is 9.53 Å². The Morgan fingerprint density at radius 1 is 1.03 bits per heavy atom. The summed E-state index contributed by atoms with van der Waals surface area (Å²) in [5.41, 5.74) is 5.61. The maximum absolute atomic E-state index is 13.3. The van der Waals surface area contributed by atoms with Crippen LogP contribution in [0.1, 0.15) is 23.6 Å². The van der Waals surface area contributed by atoms with Crippen molar-refractivity contribution >= 4 is 40.3 Å². The minimum Gasteiger partial charge on any atom is -0.494 e. The summed E-state index contributed by atoms with van der Waals surface area (Å²) in [6.07, 6.45) is 3.86. The molecule has 1 saturated heterocycles. The molecule has 36 heavy (non-hydrogen) atoms. The van der Waals surface area contributed by atoms with Gasteiger partial charge >= 0.3 is 0 Å². The van der Waals surface area contributed by atoms with Gasteiger partial charge in [0.15, 0.2) is 0 Å². The number of rotatable bonds is 7. The molecule has 0 bridgehead atoms. The number of thioether (sulfide) groups is 1. The standard InChI is InChI=1S/C29H25N3O2S2/c1-3-34-25-15-14-22(16-20(25)2)27-23(19-32(30-27)24-12-8-5-9-13-24)17-26-28(33)31(29(35)36-26)18-21-10-6-4-7-11-21/h4-17,19H,3,18H2,1-2H3/b26-17-. The number of amides is 1. The van der Waals surface area contributed by atoms with Crippen LogP contribution in [0.4, 0.5) is 0 Å². The zero-order chi connectivity index (χ0) is 25.1. The van der Waals surface area contributed by atoms with Crippen molar-refractivity contribution in [3.8, 4) is 22.7 Å². The molecule has 3 aromatic carbocycles. The fourth-order valence-corrected chi connectivity index (χ4v) is 5.33. The average molecular weight is 512 g/mol. The van der Waals surface area contributed by atoms with E-state index in [-0.39, 0.29) is 5.91 Å². The van der Waals surface area contributed by atoms with Crippen molar-refractivity contribution in [1.29, 1.82) is 0 Å². The van der Waals surface area contributed by atoms with E-state index in [0.29, 0.717) is 22.4 Å². The van der Waals surface area contributed by atoms with Crippen LogP contribution >= 0.6 is 24.0 Å². The highest BCUT2D eigenvalue weighted by Crippen LogP contribution is 2.36. The summed E-state index contributed by atoms with van der Waals surface area (Å²) in [4.78, 5) is 15.6. The Balaban J connectivity index is 1.53. The lowest BCUT2D eigenvalue weighted by Crippen LogP contribution is -2.27. The van der Waals surface area contributed by atoms with Gasteiger partial charge < -0.3 is 4.74 Å². The Hall–Kier alpha value is -3.68. The molecule has 1 aliphatic heterocycles. The zero-order valence-electron chi connectivity index (χ0n) is 20.0. The Bertz CT molecular complexity index is 1450. The van der Waals surface area contributed by atoms with Crippen LogP contribution in [0, 0.1) is 6.92 Å². The first-order valence-electron chi connectivity index (χ1n) is 11.7. The molecule has 2 heterocycles. The van der Waals surface area contributed by atoms with E-state index in [1.165, 1.54) is 11.8 Å². The molecule has 0 aliphatic carbocycles. The molecule has 5 nitrogen and oxygen atoms in total. The van der Waals surface area contributed by atoms with E-state index in [4.69, 9.17) is 22.1 Å². The molecule has 180 valence electrons. The smallest absolute Gasteiger partial charge is 0.266 e. The number of nitrogens with zero attached hydrogens (tertiary/aromatic N) is 3. The Morgan fingerprint density at radius 2 is 1.75 bits per heavy atom. The molecule has 0 atom stereocenters. The number of para-hydroxylation sites is 1. The number of thiocarbonyl (C=S) groups is 1. The highest BCUT2D eigenvalue weighted by Gasteiger charge is 2.32. The SMILES string of the molecule is CCOc1ccc(-c2nn(-c3ccccc3)cc2/C=C2\SC(=S)N(Cc3ccccc3)C2=O)cc1C. The summed E-state index contributed by atoms with van der Waals surface area (Å²) in [7, 11) is 0. The highest BCUT2D eigenvalue weighted by atomic mass is 32.2. The molecule has 0 N–H and O–H groups in total. The third kappa shape index (κ3) is 4.98. The van der Waals surface area contributed by atoms with E-state index in [9.17, 15) is 4.79 Å². The molecule has 1 amide bonds. The van der Waals surface area contributed by atoms with Crippen molar-refractivity contribution in [2.24, 2.45) is 0 Å². The molecular formula is C29H25N3O2S2. The Kier molecular flexibility index (Phi) is 7.02. The molecule has 1 aliphatic rings. The number of carbonyl (C=O) groups excluding carboxylic acids is 1. The summed E-state index contributed by atoms with van der Waals surface area (Å²) in [6, 6.07) is 25.9. The minimum absolute atomic E-state index is 0.0878. The maximum atomic E-state index is 13.3. The molecule has 0 spiro atoms. The molecular weight excluding hydrogens is 486 g/mol. The van der Waals surface area contributed by atoms with Gasteiger partial charge in [0, 0.05) is 17.3 Å². The van der Waals surface area contributed by atoms with Crippen LogP contribution in [0.3, 0.4) is 0 Å². The fraction of sp³-hybridized carbons (Fsp3) is 0.138. The van der Waals surface area contributed by atoms with Crippen molar-refractivity contribution in [3.05, 3.63) is 107 Å². The zero-order valence-corrected chi connectivity index (χ0v) is 21.7. The largest absolute Gasteiger partial charge is 0.494 e. The number of hydrogen-bond acceptors (Lipinski definition) is 5. The first kappa shape index (κ1) is 24.0. The van der Waals surface area contributed by atoms with E-state index >= 15 is 0 Å². The second-order valence-electron chi connectivity index (χ2n) is 8.38. The molecule has 4 aromatic rings. The predicted molar refractivity (Wildman–Crippen MR) is 150 cm³/mol. The first-order valence-corrected chi connectivity index (χ1v) is 12.9. The number of benzene rings is 3. The summed E-state index contributed by atoms with van der Waals surface area (Å²) >= 11 is 6.90. The predicted octanol–water partition coefficient (Wildman–Crippen LogP) is 6.65. The van der Waals surface area contributed by atoms with Gasteiger partial charge in [-0.3, -0.25) is 9.69 Å². The van der Waals surface area contributed by atoms with Crippen molar-refractivity contribution in [2.75, 3.05) is 6.61 Å². The highest BCUT2D eigenvalue weighted by molar-refractivity contribution is 8.26.